The monoisotopic (exact) mass is 639 g/mol. The minimum Gasteiger partial charge on any atom is -0.455 e. The van der Waals surface area contributed by atoms with Gasteiger partial charge in [-0.2, -0.15) is 0 Å². The van der Waals surface area contributed by atoms with Crippen molar-refractivity contribution in [2.24, 2.45) is 0 Å². The first kappa shape index (κ1) is 29.5. The number of fused-ring (bicyclic) bond motifs is 3. The largest absolute Gasteiger partial charge is 0.455 e. The number of hydrogen-bond acceptors (Lipinski definition) is 2. The molecule has 0 radical (unpaired) electrons. The van der Waals surface area contributed by atoms with E-state index in [1.54, 1.807) is 0 Å². The van der Waals surface area contributed by atoms with Crippen LogP contribution in [0.5, 0.6) is 0 Å². The summed E-state index contributed by atoms with van der Waals surface area (Å²) in [7, 11) is 0. The van der Waals surface area contributed by atoms with Crippen molar-refractivity contribution in [3.8, 4) is 44.5 Å². The molecule has 0 aliphatic heterocycles. The van der Waals surface area contributed by atoms with Crippen molar-refractivity contribution >= 4 is 39.0 Å². The molecule has 0 saturated heterocycles. The van der Waals surface area contributed by atoms with Gasteiger partial charge >= 0.3 is 0 Å². The summed E-state index contributed by atoms with van der Waals surface area (Å²) in [5.41, 5.74) is 14.5. The lowest BCUT2D eigenvalue weighted by Gasteiger charge is -2.26. The van der Waals surface area contributed by atoms with Crippen LogP contribution in [0.25, 0.3) is 66.4 Å². The molecule has 0 bridgehead atoms. The molecule has 2 nitrogen and oxygen atoms in total. The highest BCUT2D eigenvalue weighted by atomic mass is 16.3. The number of anilines is 3. The van der Waals surface area contributed by atoms with Crippen molar-refractivity contribution in [2.75, 3.05) is 4.90 Å². The number of rotatable bonds is 7. The summed E-state index contributed by atoms with van der Waals surface area (Å²) in [6.45, 7) is 0. The van der Waals surface area contributed by atoms with Crippen LogP contribution in [0.1, 0.15) is 0 Å². The Bertz CT molecular complexity index is 2470. The predicted octanol–water partition coefficient (Wildman–Crippen LogP) is 13.7. The summed E-state index contributed by atoms with van der Waals surface area (Å²) < 4.78 is 6.44. The molecule has 9 aromatic rings. The molecule has 8 aromatic carbocycles. The van der Waals surface area contributed by atoms with E-state index in [1.165, 1.54) is 22.3 Å². The van der Waals surface area contributed by atoms with Crippen molar-refractivity contribution in [1.29, 1.82) is 0 Å². The van der Waals surface area contributed by atoms with Gasteiger partial charge in [-0.1, -0.05) is 158 Å². The fourth-order valence-corrected chi connectivity index (χ4v) is 7.03. The second kappa shape index (κ2) is 12.8. The van der Waals surface area contributed by atoms with Gasteiger partial charge in [0.1, 0.15) is 11.2 Å². The summed E-state index contributed by atoms with van der Waals surface area (Å²) in [5, 5.41) is 2.27. The molecular formula is C48H33NO. The average molecular weight is 640 g/mol. The number of furan rings is 1. The van der Waals surface area contributed by atoms with Gasteiger partial charge in [0, 0.05) is 33.4 Å². The highest BCUT2D eigenvalue weighted by Crippen LogP contribution is 2.41. The van der Waals surface area contributed by atoms with Crippen LogP contribution in [0.4, 0.5) is 17.1 Å². The Hall–Kier alpha value is -6.64. The molecule has 0 aliphatic carbocycles. The number of benzene rings is 8. The van der Waals surface area contributed by atoms with Gasteiger partial charge in [-0.25, -0.2) is 0 Å². The molecule has 0 aliphatic rings. The lowest BCUT2D eigenvalue weighted by molar-refractivity contribution is 0.670. The highest BCUT2D eigenvalue weighted by molar-refractivity contribution is 6.10. The summed E-state index contributed by atoms with van der Waals surface area (Å²) in [6, 6.07) is 71.0. The molecule has 0 N–H and O–H groups in total. The average Bonchev–Trinajstić information content (AvgIpc) is 3.59. The van der Waals surface area contributed by atoms with Gasteiger partial charge in [-0.05, 0) is 81.4 Å². The highest BCUT2D eigenvalue weighted by Gasteiger charge is 2.17. The van der Waals surface area contributed by atoms with Crippen molar-refractivity contribution in [1.82, 2.24) is 0 Å². The van der Waals surface area contributed by atoms with Crippen LogP contribution in [0.2, 0.25) is 0 Å². The molecule has 0 fully saturated rings. The zero-order chi connectivity index (χ0) is 33.3. The van der Waals surface area contributed by atoms with Crippen LogP contribution >= 0.6 is 0 Å². The smallest absolute Gasteiger partial charge is 0.143 e. The van der Waals surface area contributed by atoms with E-state index in [0.717, 1.165) is 61.3 Å². The van der Waals surface area contributed by atoms with Gasteiger partial charge in [0.05, 0.1) is 0 Å². The van der Waals surface area contributed by atoms with Crippen molar-refractivity contribution < 1.29 is 4.42 Å². The predicted molar refractivity (Wildman–Crippen MR) is 210 cm³/mol. The first-order valence-corrected chi connectivity index (χ1v) is 17.0. The van der Waals surface area contributed by atoms with E-state index >= 15 is 0 Å². The fourth-order valence-electron chi connectivity index (χ4n) is 7.03. The topological polar surface area (TPSA) is 16.4 Å². The lowest BCUT2D eigenvalue weighted by Crippen LogP contribution is -2.09. The van der Waals surface area contributed by atoms with Crippen LogP contribution in [0.3, 0.4) is 0 Å². The maximum atomic E-state index is 6.44. The Morgan fingerprint density at radius 2 is 0.700 bits per heavy atom. The third-order valence-electron chi connectivity index (χ3n) is 9.52. The molecule has 0 spiro atoms. The SMILES string of the molecule is c1ccc(-c2ccc(N(c3ccc(-c4ccccc4)cc3)c3ccc(-c4ccccc4-c4cccc5c4oc4ccccc45)cc3)cc2)cc1. The normalized spacial score (nSPS) is 11.2. The van der Waals surface area contributed by atoms with E-state index in [-0.39, 0.29) is 0 Å². The fraction of sp³-hybridized carbons (Fsp3) is 0. The second-order valence-electron chi connectivity index (χ2n) is 12.5. The third kappa shape index (κ3) is 5.43. The van der Waals surface area contributed by atoms with E-state index in [9.17, 15) is 0 Å². The molecule has 1 aromatic heterocycles. The number of para-hydroxylation sites is 2. The molecular weight excluding hydrogens is 607 g/mol. The zero-order valence-corrected chi connectivity index (χ0v) is 27.4. The van der Waals surface area contributed by atoms with Crippen LogP contribution in [0.15, 0.2) is 205 Å². The van der Waals surface area contributed by atoms with Crippen LogP contribution in [-0.4, -0.2) is 0 Å². The Morgan fingerprint density at radius 3 is 1.28 bits per heavy atom. The molecule has 2 heteroatoms. The molecule has 1 heterocycles. The quantitative estimate of drug-likeness (QED) is 0.173. The van der Waals surface area contributed by atoms with E-state index in [1.807, 2.05) is 12.1 Å². The molecule has 236 valence electrons. The summed E-state index contributed by atoms with van der Waals surface area (Å²) in [6.07, 6.45) is 0. The van der Waals surface area contributed by atoms with Gasteiger partial charge in [0.2, 0.25) is 0 Å². The number of hydrogen-bond donors (Lipinski definition) is 0. The minimum atomic E-state index is 0.908. The summed E-state index contributed by atoms with van der Waals surface area (Å²) in [4.78, 5) is 2.33. The zero-order valence-electron chi connectivity index (χ0n) is 27.4. The summed E-state index contributed by atoms with van der Waals surface area (Å²) >= 11 is 0. The van der Waals surface area contributed by atoms with E-state index in [0.29, 0.717) is 0 Å². The molecule has 0 saturated carbocycles. The Labute approximate surface area is 292 Å². The van der Waals surface area contributed by atoms with E-state index in [2.05, 4.69) is 193 Å². The minimum absolute atomic E-state index is 0.908. The van der Waals surface area contributed by atoms with E-state index < -0.39 is 0 Å². The van der Waals surface area contributed by atoms with E-state index in [4.69, 9.17) is 4.42 Å². The van der Waals surface area contributed by atoms with Gasteiger partial charge in [-0.15, -0.1) is 0 Å². The maximum absolute atomic E-state index is 6.44. The van der Waals surface area contributed by atoms with Crippen LogP contribution in [-0.2, 0) is 0 Å². The molecule has 0 atom stereocenters. The standard InChI is InChI=1S/C48H33NO/c1-3-12-34(13-4-1)36-22-28-39(29-23-36)49(40-30-24-37(25-31-40)35-14-5-2-6-15-35)41-32-26-38(27-33-41)42-16-7-8-17-43(42)45-19-11-20-46-44-18-9-10-21-47(44)50-48(45)46/h1-33H. The van der Waals surface area contributed by atoms with Crippen LogP contribution in [0, 0.1) is 0 Å². The van der Waals surface area contributed by atoms with Crippen LogP contribution < -0.4 is 4.90 Å². The molecule has 50 heavy (non-hydrogen) atoms. The number of nitrogens with zero attached hydrogens (tertiary/aromatic N) is 1. The molecule has 0 unspecified atom stereocenters. The summed E-state index contributed by atoms with van der Waals surface area (Å²) in [5.74, 6) is 0. The van der Waals surface area contributed by atoms with Crippen molar-refractivity contribution in [2.45, 2.75) is 0 Å². The Kier molecular flexibility index (Phi) is 7.53. The van der Waals surface area contributed by atoms with Gasteiger partial charge in [0.25, 0.3) is 0 Å². The van der Waals surface area contributed by atoms with Crippen molar-refractivity contribution in [3.63, 3.8) is 0 Å². The Morgan fingerprint density at radius 1 is 0.280 bits per heavy atom. The van der Waals surface area contributed by atoms with Gasteiger partial charge in [0.15, 0.2) is 0 Å². The maximum Gasteiger partial charge on any atom is 0.143 e. The second-order valence-corrected chi connectivity index (χ2v) is 12.5. The Balaban J connectivity index is 1.11. The first-order chi connectivity index (χ1) is 24.8. The van der Waals surface area contributed by atoms with Crippen molar-refractivity contribution in [3.05, 3.63) is 200 Å². The molecule has 0 amide bonds. The first-order valence-electron chi connectivity index (χ1n) is 17.0. The third-order valence-corrected chi connectivity index (χ3v) is 9.52. The van der Waals surface area contributed by atoms with Gasteiger partial charge < -0.3 is 9.32 Å². The molecule has 9 rings (SSSR count). The lowest BCUT2D eigenvalue weighted by atomic mass is 9.93. The van der Waals surface area contributed by atoms with Gasteiger partial charge in [-0.3, -0.25) is 0 Å².